The molecule has 3 nitrogen and oxygen atoms in total. The van der Waals surface area contributed by atoms with Crippen LogP contribution in [0.25, 0.3) is 90.5 Å². The van der Waals surface area contributed by atoms with Crippen LogP contribution in [0, 0.1) is 0 Å². The van der Waals surface area contributed by atoms with Gasteiger partial charge in [0.15, 0.2) is 17.5 Å². The van der Waals surface area contributed by atoms with Crippen LogP contribution in [0.4, 0.5) is 0 Å². The second kappa shape index (κ2) is 12.8. The summed E-state index contributed by atoms with van der Waals surface area (Å²) in [5.41, 5.74) is 15.0. The van der Waals surface area contributed by atoms with E-state index in [9.17, 15) is 0 Å². The molecule has 7 aromatic carbocycles. The zero-order chi connectivity index (χ0) is 36.2. The lowest BCUT2D eigenvalue weighted by atomic mass is 9.82. The van der Waals surface area contributed by atoms with E-state index in [-0.39, 0.29) is 5.41 Å². The Kier molecular flexibility index (Phi) is 7.55. The van der Waals surface area contributed by atoms with Crippen LogP contribution in [0.2, 0.25) is 0 Å². The second-order valence-corrected chi connectivity index (χ2v) is 14.7. The van der Waals surface area contributed by atoms with E-state index in [1.807, 2.05) is 0 Å². The summed E-state index contributed by atoms with van der Waals surface area (Å²) in [6.07, 6.45) is 9.80. The van der Waals surface area contributed by atoms with Crippen LogP contribution in [0.3, 0.4) is 0 Å². The predicted molar refractivity (Wildman–Crippen MR) is 225 cm³/mol. The molecule has 2 aliphatic carbocycles. The van der Waals surface area contributed by atoms with Crippen molar-refractivity contribution in [3.05, 3.63) is 186 Å². The van der Waals surface area contributed by atoms with Crippen molar-refractivity contribution in [2.45, 2.75) is 25.7 Å². The van der Waals surface area contributed by atoms with Gasteiger partial charge in [-0.1, -0.05) is 172 Å². The highest BCUT2D eigenvalue weighted by atomic mass is 15.0. The molecule has 0 saturated heterocycles. The van der Waals surface area contributed by atoms with E-state index in [4.69, 9.17) is 15.0 Å². The zero-order valence-corrected chi connectivity index (χ0v) is 30.3. The van der Waals surface area contributed by atoms with Crippen molar-refractivity contribution in [1.29, 1.82) is 0 Å². The Morgan fingerprint density at radius 1 is 0.389 bits per heavy atom. The maximum Gasteiger partial charge on any atom is 0.164 e. The highest BCUT2D eigenvalue weighted by molar-refractivity contribution is 6.04. The maximum absolute atomic E-state index is 5.35. The summed E-state index contributed by atoms with van der Waals surface area (Å²) in [5.74, 6) is 1.97. The topological polar surface area (TPSA) is 38.7 Å². The van der Waals surface area contributed by atoms with Gasteiger partial charge in [0.05, 0.1) is 0 Å². The molecule has 0 unspecified atom stereocenters. The summed E-state index contributed by atoms with van der Waals surface area (Å²) in [6, 6.07) is 54.1. The van der Waals surface area contributed by atoms with Crippen molar-refractivity contribution in [1.82, 2.24) is 15.0 Å². The van der Waals surface area contributed by atoms with E-state index in [0.29, 0.717) is 17.5 Å². The average molecular weight is 692 g/mol. The first-order valence-corrected chi connectivity index (χ1v) is 18.7. The van der Waals surface area contributed by atoms with E-state index in [1.165, 1.54) is 50.1 Å². The molecule has 256 valence electrons. The standard InChI is InChI=1S/C51H37N3/c1-51(2)46-25-15-14-24-42(46)43-27-26-35(32-47(43)51)48-52-49(44-30-28-36(33-16-6-3-7-17-33)38-20-10-5-11-21-40(38)44)54-50(53-48)45-31-29-37(34-18-8-4-9-19-34)39-22-12-13-23-41(39)45/h3-4,6-32H,5H2,1-2H3. The van der Waals surface area contributed by atoms with Gasteiger partial charge in [0.1, 0.15) is 0 Å². The van der Waals surface area contributed by atoms with Crippen molar-refractivity contribution >= 4 is 22.9 Å². The van der Waals surface area contributed by atoms with Crippen molar-refractivity contribution < 1.29 is 0 Å². The molecule has 10 rings (SSSR count). The minimum atomic E-state index is -0.147. The first kappa shape index (κ1) is 32.0. The van der Waals surface area contributed by atoms with Gasteiger partial charge >= 0.3 is 0 Å². The number of nitrogens with zero attached hydrogens (tertiary/aromatic N) is 3. The first-order valence-electron chi connectivity index (χ1n) is 18.7. The molecule has 0 saturated carbocycles. The van der Waals surface area contributed by atoms with Crippen LogP contribution in [0.1, 0.15) is 42.5 Å². The van der Waals surface area contributed by atoms with Crippen LogP contribution in [-0.4, -0.2) is 15.0 Å². The number of fused-ring (bicyclic) bond motifs is 5. The largest absolute Gasteiger partial charge is 0.208 e. The van der Waals surface area contributed by atoms with Gasteiger partial charge in [0.25, 0.3) is 0 Å². The molecule has 0 amide bonds. The molecule has 54 heavy (non-hydrogen) atoms. The fourth-order valence-corrected chi connectivity index (χ4v) is 8.46. The number of hydrogen-bond acceptors (Lipinski definition) is 3. The number of allylic oxidation sites excluding steroid dienone is 2. The molecule has 0 aliphatic heterocycles. The monoisotopic (exact) mass is 691 g/mol. The third-order valence-corrected chi connectivity index (χ3v) is 11.2. The lowest BCUT2D eigenvalue weighted by Crippen LogP contribution is -2.15. The van der Waals surface area contributed by atoms with Crippen LogP contribution in [0.5, 0.6) is 0 Å². The molecule has 1 heterocycles. The Balaban J connectivity index is 1.21. The number of rotatable bonds is 5. The molecule has 0 fully saturated rings. The van der Waals surface area contributed by atoms with E-state index in [1.54, 1.807) is 0 Å². The summed E-state index contributed by atoms with van der Waals surface area (Å²) >= 11 is 0. The molecule has 0 spiro atoms. The van der Waals surface area contributed by atoms with Crippen LogP contribution >= 0.6 is 0 Å². The maximum atomic E-state index is 5.35. The van der Waals surface area contributed by atoms with Crippen LogP contribution in [-0.2, 0) is 5.41 Å². The molecule has 2 aliphatic rings. The van der Waals surface area contributed by atoms with Gasteiger partial charge in [-0.2, -0.15) is 0 Å². The highest BCUT2D eigenvalue weighted by Gasteiger charge is 2.35. The Bertz CT molecular complexity index is 2810. The third kappa shape index (κ3) is 5.23. The number of aromatic nitrogens is 3. The molecule has 0 bridgehead atoms. The van der Waals surface area contributed by atoms with Crippen molar-refractivity contribution in [3.8, 4) is 67.5 Å². The van der Waals surface area contributed by atoms with Gasteiger partial charge in [0.2, 0.25) is 0 Å². The molecule has 0 N–H and O–H groups in total. The lowest BCUT2D eigenvalue weighted by molar-refractivity contribution is 0.660. The number of hydrogen-bond donors (Lipinski definition) is 0. The Morgan fingerprint density at radius 3 is 1.63 bits per heavy atom. The number of benzene rings is 7. The van der Waals surface area contributed by atoms with Crippen molar-refractivity contribution in [2.75, 3.05) is 0 Å². The predicted octanol–water partition coefficient (Wildman–Crippen LogP) is 13.1. The SMILES string of the molecule is CC1(C)c2ccccc2-c2ccc(-c3nc(-c4ccc(-c5ccccc5)c5c4C=CCC=C5)nc(-c4ccc(-c5ccccc5)c5ccccc45)n3)cc21. The normalized spacial score (nSPS) is 13.7. The second-order valence-electron chi connectivity index (χ2n) is 14.7. The summed E-state index contributed by atoms with van der Waals surface area (Å²) in [4.78, 5) is 16.0. The Morgan fingerprint density at radius 2 is 0.889 bits per heavy atom. The lowest BCUT2D eigenvalue weighted by Gasteiger charge is -2.22. The van der Waals surface area contributed by atoms with Gasteiger partial charge in [-0.05, 0) is 91.0 Å². The highest BCUT2D eigenvalue weighted by Crippen LogP contribution is 2.49. The summed E-state index contributed by atoms with van der Waals surface area (Å²) in [6.45, 7) is 4.63. The third-order valence-electron chi connectivity index (χ3n) is 11.2. The quantitative estimate of drug-likeness (QED) is 0.180. The molecule has 0 radical (unpaired) electrons. The average Bonchev–Trinajstić information content (AvgIpc) is 3.35. The molecular weight excluding hydrogens is 655 g/mol. The summed E-state index contributed by atoms with van der Waals surface area (Å²) in [5, 5.41) is 2.27. The minimum absolute atomic E-state index is 0.147. The van der Waals surface area contributed by atoms with E-state index >= 15 is 0 Å². The Hall–Kier alpha value is -6.71. The molecule has 8 aromatic rings. The zero-order valence-electron chi connectivity index (χ0n) is 30.3. The van der Waals surface area contributed by atoms with Gasteiger partial charge in [-0.25, -0.2) is 15.0 Å². The van der Waals surface area contributed by atoms with E-state index < -0.39 is 0 Å². The van der Waals surface area contributed by atoms with Crippen LogP contribution in [0.15, 0.2) is 164 Å². The summed E-state index contributed by atoms with van der Waals surface area (Å²) in [7, 11) is 0. The van der Waals surface area contributed by atoms with Gasteiger partial charge in [0, 0.05) is 22.1 Å². The molecule has 3 heteroatoms. The first-order chi connectivity index (χ1) is 26.5. The fourth-order valence-electron chi connectivity index (χ4n) is 8.46. The molecular formula is C51H37N3. The van der Waals surface area contributed by atoms with Crippen molar-refractivity contribution in [2.24, 2.45) is 0 Å². The Labute approximate surface area is 316 Å². The van der Waals surface area contributed by atoms with Crippen molar-refractivity contribution in [3.63, 3.8) is 0 Å². The summed E-state index contributed by atoms with van der Waals surface area (Å²) < 4.78 is 0. The fraction of sp³-hybridized carbons (Fsp3) is 0.0784. The van der Waals surface area contributed by atoms with Gasteiger partial charge in [-0.15, -0.1) is 0 Å². The molecule has 1 aromatic heterocycles. The van der Waals surface area contributed by atoms with Gasteiger partial charge in [-0.3, -0.25) is 0 Å². The minimum Gasteiger partial charge on any atom is -0.208 e. The van der Waals surface area contributed by atoms with E-state index in [0.717, 1.165) is 39.4 Å². The smallest absolute Gasteiger partial charge is 0.164 e. The molecule has 0 atom stereocenters. The van der Waals surface area contributed by atoms with E-state index in [2.05, 4.69) is 190 Å². The van der Waals surface area contributed by atoms with Gasteiger partial charge < -0.3 is 0 Å². The van der Waals surface area contributed by atoms with Crippen LogP contribution < -0.4 is 0 Å².